The van der Waals surface area contributed by atoms with Crippen LogP contribution in [-0.2, 0) is 12.6 Å². The maximum Gasteiger partial charge on any atom is 0.416 e. The van der Waals surface area contributed by atoms with Crippen molar-refractivity contribution < 1.29 is 17.7 Å². The summed E-state index contributed by atoms with van der Waals surface area (Å²) in [7, 11) is 0. The molecule has 1 N–H and O–H groups in total. The molecule has 1 aliphatic rings. The van der Waals surface area contributed by atoms with Crippen LogP contribution in [0, 0.1) is 0 Å². The molecule has 1 aliphatic heterocycles. The van der Waals surface area contributed by atoms with E-state index in [2.05, 4.69) is 15.5 Å². The van der Waals surface area contributed by atoms with Crippen molar-refractivity contribution in [3.05, 3.63) is 47.1 Å². The number of alkyl halides is 3. The Bertz CT molecular complexity index is 601. The molecule has 1 unspecified atom stereocenters. The molecule has 1 aromatic heterocycles. The lowest BCUT2D eigenvalue weighted by molar-refractivity contribution is -0.137. The van der Waals surface area contributed by atoms with E-state index in [0.29, 0.717) is 23.7 Å². The van der Waals surface area contributed by atoms with Crippen LogP contribution in [0.3, 0.4) is 0 Å². The molecular formula is C14H14F3N3O. The number of halogens is 3. The molecule has 1 atom stereocenters. The quantitative estimate of drug-likeness (QED) is 0.946. The highest BCUT2D eigenvalue weighted by Crippen LogP contribution is 2.29. The van der Waals surface area contributed by atoms with Crippen LogP contribution in [0.2, 0.25) is 0 Å². The Labute approximate surface area is 119 Å². The zero-order valence-electron chi connectivity index (χ0n) is 11.2. The molecule has 0 radical (unpaired) electrons. The molecule has 2 heterocycles. The van der Waals surface area contributed by atoms with Gasteiger partial charge < -0.3 is 9.84 Å². The first kappa shape index (κ1) is 14.1. The first-order valence-electron chi connectivity index (χ1n) is 6.74. The average Bonchev–Trinajstić information content (AvgIpc) is 3.08. The number of hydrogen-bond acceptors (Lipinski definition) is 4. The van der Waals surface area contributed by atoms with Gasteiger partial charge in [0, 0.05) is 0 Å². The third kappa shape index (κ3) is 3.24. The summed E-state index contributed by atoms with van der Waals surface area (Å²) in [6.45, 7) is 0.938. The zero-order chi connectivity index (χ0) is 14.9. The third-order valence-corrected chi connectivity index (χ3v) is 3.49. The van der Waals surface area contributed by atoms with E-state index in [0.717, 1.165) is 31.5 Å². The minimum Gasteiger partial charge on any atom is -0.339 e. The predicted molar refractivity (Wildman–Crippen MR) is 68.5 cm³/mol. The maximum atomic E-state index is 12.5. The van der Waals surface area contributed by atoms with Gasteiger partial charge in [0.25, 0.3) is 0 Å². The maximum absolute atomic E-state index is 12.5. The third-order valence-electron chi connectivity index (χ3n) is 3.49. The van der Waals surface area contributed by atoms with Crippen molar-refractivity contribution >= 4 is 0 Å². The number of nitrogens with one attached hydrogen (secondary N) is 1. The fourth-order valence-corrected chi connectivity index (χ4v) is 2.37. The van der Waals surface area contributed by atoms with Gasteiger partial charge in [0.05, 0.1) is 18.0 Å². The summed E-state index contributed by atoms with van der Waals surface area (Å²) >= 11 is 0. The summed E-state index contributed by atoms with van der Waals surface area (Å²) < 4.78 is 42.6. The van der Waals surface area contributed by atoms with Crippen LogP contribution >= 0.6 is 0 Å². The summed E-state index contributed by atoms with van der Waals surface area (Å²) in [4.78, 5) is 4.30. The van der Waals surface area contributed by atoms with Crippen LogP contribution in [-0.4, -0.2) is 16.7 Å². The van der Waals surface area contributed by atoms with Crippen LogP contribution < -0.4 is 5.32 Å². The number of hydrogen-bond donors (Lipinski definition) is 1. The van der Waals surface area contributed by atoms with Crippen LogP contribution in [0.15, 0.2) is 28.8 Å². The van der Waals surface area contributed by atoms with E-state index >= 15 is 0 Å². The average molecular weight is 297 g/mol. The molecule has 0 spiro atoms. The Balaban J connectivity index is 1.69. The van der Waals surface area contributed by atoms with Crippen molar-refractivity contribution in [2.24, 2.45) is 0 Å². The molecule has 3 rings (SSSR count). The van der Waals surface area contributed by atoms with E-state index in [1.54, 1.807) is 0 Å². The first-order chi connectivity index (χ1) is 10.0. The summed E-state index contributed by atoms with van der Waals surface area (Å²) in [5, 5.41) is 7.19. The lowest BCUT2D eigenvalue weighted by Gasteiger charge is -2.06. The highest BCUT2D eigenvalue weighted by atomic mass is 19.4. The molecule has 21 heavy (non-hydrogen) atoms. The molecule has 1 fully saturated rings. The van der Waals surface area contributed by atoms with Gasteiger partial charge in [0.2, 0.25) is 5.89 Å². The van der Waals surface area contributed by atoms with Gasteiger partial charge >= 0.3 is 6.18 Å². The summed E-state index contributed by atoms with van der Waals surface area (Å²) in [5.74, 6) is 1.04. The number of rotatable bonds is 3. The Morgan fingerprint density at radius 1 is 1.24 bits per heavy atom. The predicted octanol–water partition coefficient (Wildman–Crippen LogP) is 3.10. The Morgan fingerprint density at radius 2 is 2.00 bits per heavy atom. The normalized spacial score (nSPS) is 19.1. The van der Waals surface area contributed by atoms with Crippen molar-refractivity contribution in [2.75, 3.05) is 6.54 Å². The van der Waals surface area contributed by atoms with Crippen molar-refractivity contribution in [1.82, 2.24) is 15.5 Å². The van der Waals surface area contributed by atoms with E-state index < -0.39 is 11.7 Å². The van der Waals surface area contributed by atoms with Gasteiger partial charge in [-0.3, -0.25) is 0 Å². The standard InChI is InChI=1S/C14H14F3N3O/c15-14(16,17)10-5-3-9(4-6-10)8-12-19-13(20-21-12)11-2-1-7-18-11/h3-6,11,18H,1-2,7-8H2. The monoisotopic (exact) mass is 297 g/mol. The van der Waals surface area contributed by atoms with Gasteiger partial charge in [0.1, 0.15) is 0 Å². The lowest BCUT2D eigenvalue weighted by Crippen LogP contribution is -2.14. The molecule has 0 bridgehead atoms. The molecule has 0 saturated carbocycles. The van der Waals surface area contributed by atoms with Crippen molar-refractivity contribution in [3.63, 3.8) is 0 Å². The molecule has 7 heteroatoms. The largest absolute Gasteiger partial charge is 0.416 e. The molecule has 0 aliphatic carbocycles. The van der Waals surface area contributed by atoms with Gasteiger partial charge in [0.15, 0.2) is 5.82 Å². The second-order valence-corrected chi connectivity index (χ2v) is 5.07. The molecular weight excluding hydrogens is 283 g/mol. The highest BCUT2D eigenvalue weighted by molar-refractivity contribution is 5.26. The Hall–Kier alpha value is -1.89. The second kappa shape index (κ2) is 5.48. The summed E-state index contributed by atoms with van der Waals surface area (Å²) in [6.07, 6.45) is -1.94. The number of nitrogens with zero attached hydrogens (tertiary/aromatic N) is 2. The van der Waals surface area contributed by atoms with E-state index in [4.69, 9.17) is 4.52 Å². The van der Waals surface area contributed by atoms with Gasteiger partial charge in [-0.05, 0) is 37.1 Å². The van der Waals surface area contributed by atoms with Crippen molar-refractivity contribution in [2.45, 2.75) is 31.5 Å². The van der Waals surface area contributed by atoms with Gasteiger partial charge in [-0.1, -0.05) is 17.3 Å². The Morgan fingerprint density at radius 3 is 2.62 bits per heavy atom. The second-order valence-electron chi connectivity index (χ2n) is 5.07. The van der Waals surface area contributed by atoms with E-state index in [-0.39, 0.29) is 6.04 Å². The van der Waals surface area contributed by atoms with Crippen LogP contribution in [0.5, 0.6) is 0 Å². The zero-order valence-corrected chi connectivity index (χ0v) is 11.2. The first-order valence-corrected chi connectivity index (χ1v) is 6.74. The minimum atomic E-state index is -4.32. The molecule has 0 amide bonds. The van der Waals surface area contributed by atoms with E-state index in [1.165, 1.54) is 12.1 Å². The van der Waals surface area contributed by atoms with Gasteiger partial charge in [-0.2, -0.15) is 18.2 Å². The SMILES string of the molecule is FC(F)(F)c1ccc(Cc2nc(C3CCCN3)no2)cc1. The highest BCUT2D eigenvalue weighted by Gasteiger charge is 2.30. The smallest absolute Gasteiger partial charge is 0.339 e. The van der Waals surface area contributed by atoms with Gasteiger partial charge in [-0.25, -0.2) is 0 Å². The summed E-state index contributed by atoms with van der Waals surface area (Å²) in [6, 6.07) is 5.10. The Kier molecular flexibility index (Phi) is 3.67. The lowest BCUT2D eigenvalue weighted by atomic mass is 10.1. The minimum absolute atomic E-state index is 0.120. The molecule has 4 nitrogen and oxygen atoms in total. The van der Waals surface area contributed by atoms with Crippen molar-refractivity contribution in [1.29, 1.82) is 0 Å². The number of aromatic nitrogens is 2. The topological polar surface area (TPSA) is 51.0 Å². The summed E-state index contributed by atoms with van der Waals surface area (Å²) in [5.41, 5.74) is 0.0465. The fraction of sp³-hybridized carbons (Fsp3) is 0.429. The molecule has 1 aromatic carbocycles. The van der Waals surface area contributed by atoms with E-state index in [9.17, 15) is 13.2 Å². The van der Waals surface area contributed by atoms with E-state index in [1.807, 2.05) is 0 Å². The van der Waals surface area contributed by atoms with Crippen LogP contribution in [0.1, 0.15) is 41.7 Å². The molecule has 112 valence electrons. The molecule has 1 saturated heterocycles. The fourth-order valence-electron chi connectivity index (χ4n) is 2.37. The van der Waals surface area contributed by atoms with Gasteiger partial charge in [-0.15, -0.1) is 0 Å². The number of benzene rings is 1. The van der Waals surface area contributed by atoms with Crippen LogP contribution in [0.25, 0.3) is 0 Å². The molecule has 2 aromatic rings. The van der Waals surface area contributed by atoms with Crippen molar-refractivity contribution in [3.8, 4) is 0 Å². The van der Waals surface area contributed by atoms with Crippen LogP contribution in [0.4, 0.5) is 13.2 Å².